The zero-order chi connectivity index (χ0) is 15.3. The summed E-state index contributed by atoms with van der Waals surface area (Å²) in [5.41, 5.74) is 0.734. The SMILES string of the molecule is CCN(C)S(=O)(=O)c1cc(CNC)c(OC)c(OC)c1. The molecule has 0 saturated heterocycles. The third kappa shape index (κ3) is 3.23. The van der Waals surface area contributed by atoms with Gasteiger partial charge in [-0.2, -0.15) is 0 Å². The Morgan fingerprint density at radius 2 is 1.90 bits per heavy atom. The summed E-state index contributed by atoms with van der Waals surface area (Å²) in [6.45, 7) is 2.67. The van der Waals surface area contributed by atoms with Gasteiger partial charge in [-0.25, -0.2) is 12.7 Å². The summed E-state index contributed by atoms with van der Waals surface area (Å²) in [6, 6.07) is 3.10. The number of methoxy groups -OCH3 is 2. The fourth-order valence-corrected chi connectivity index (χ4v) is 3.08. The van der Waals surface area contributed by atoms with Crippen LogP contribution in [0.25, 0.3) is 0 Å². The first-order chi connectivity index (χ1) is 9.42. The van der Waals surface area contributed by atoms with E-state index in [1.165, 1.54) is 24.6 Å². The summed E-state index contributed by atoms with van der Waals surface area (Å²) in [5.74, 6) is 0.947. The molecule has 0 saturated carbocycles. The first-order valence-electron chi connectivity index (χ1n) is 6.28. The van der Waals surface area contributed by atoms with Crippen molar-refractivity contribution in [1.29, 1.82) is 0 Å². The molecule has 1 aromatic carbocycles. The first kappa shape index (κ1) is 16.7. The van der Waals surface area contributed by atoms with E-state index in [9.17, 15) is 8.42 Å². The van der Waals surface area contributed by atoms with Gasteiger partial charge in [0.05, 0.1) is 19.1 Å². The van der Waals surface area contributed by atoms with Gasteiger partial charge in [0.2, 0.25) is 10.0 Å². The van der Waals surface area contributed by atoms with Gasteiger partial charge in [-0.05, 0) is 13.1 Å². The molecule has 0 amide bonds. The van der Waals surface area contributed by atoms with E-state index in [0.717, 1.165) is 5.56 Å². The molecule has 0 spiro atoms. The summed E-state index contributed by atoms with van der Waals surface area (Å²) < 4.78 is 36.6. The summed E-state index contributed by atoms with van der Waals surface area (Å²) in [5, 5.41) is 2.99. The number of nitrogens with one attached hydrogen (secondary N) is 1. The number of sulfonamides is 1. The van der Waals surface area contributed by atoms with Gasteiger partial charge >= 0.3 is 0 Å². The molecule has 114 valence electrons. The molecule has 1 N–H and O–H groups in total. The standard InChI is InChI=1S/C13H22N2O4S/c1-6-15(3)20(16,17)11-7-10(9-14-2)13(19-5)12(8-11)18-4/h7-8,14H,6,9H2,1-5H3. The Morgan fingerprint density at radius 1 is 1.25 bits per heavy atom. The Hall–Kier alpha value is -1.31. The highest BCUT2D eigenvalue weighted by molar-refractivity contribution is 7.89. The highest BCUT2D eigenvalue weighted by Gasteiger charge is 2.23. The number of hydrogen-bond donors (Lipinski definition) is 1. The van der Waals surface area contributed by atoms with Crippen molar-refractivity contribution >= 4 is 10.0 Å². The van der Waals surface area contributed by atoms with Gasteiger partial charge in [-0.3, -0.25) is 0 Å². The van der Waals surface area contributed by atoms with Gasteiger partial charge in [-0.15, -0.1) is 0 Å². The Morgan fingerprint density at radius 3 is 2.35 bits per heavy atom. The van der Waals surface area contributed by atoms with Crippen LogP contribution in [0.3, 0.4) is 0 Å². The van der Waals surface area contributed by atoms with Crippen LogP contribution in [-0.2, 0) is 16.6 Å². The van der Waals surface area contributed by atoms with Crippen molar-refractivity contribution in [3.63, 3.8) is 0 Å². The van der Waals surface area contributed by atoms with E-state index in [1.54, 1.807) is 27.1 Å². The lowest BCUT2D eigenvalue weighted by atomic mass is 10.2. The largest absolute Gasteiger partial charge is 0.493 e. The minimum Gasteiger partial charge on any atom is -0.493 e. The third-order valence-corrected chi connectivity index (χ3v) is 4.96. The van der Waals surface area contributed by atoms with Crippen molar-refractivity contribution in [2.75, 3.05) is 34.9 Å². The number of nitrogens with zero attached hydrogens (tertiary/aromatic N) is 1. The summed E-state index contributed by atoms with van der Waals surface area (Å²) in [6.07, 6.45) is 0. The maximum atomic E-state index is 12.4. The Kier molecular flexibility index (Phi) is 5.79. The maximum absolute atomic E-state index is 12.4. The van der Waals surface area contributed by atoms with Gasteiger partial charge in [0, 0.05) is 31.8 Å². The Labute approximate surface area is 120 Å². The van der Waals surface area contributed by atoms with Crippen molar-refractivity contribution < 1.29 is 17.9 Å². The van der Waals surface area contributed by atoms with Gasteiger partial charge in [0.15, 0.2) is 11.5 Å². The van der Waals surface area contributed by atoms with Crippen molar-refractivity contribution in [2.24, 2.45) is 0 Å². The first-order valence-corrected chi connectivity index (χ1v) is 7.72. The van der Waals surface area contributed by atoms with Crippen LogP contribution in [0.5, 0.6) is 11.5 Å². The number of rotatable bonds is 7. The van der Waals surface area contributed by atoms with Gasteiger partial charge < -0.3 is 14.8 Å². The summed E-state index contributed by atoms with van der Waals surface area (Å²) in [7, 11) is 2.83. The molecule has 0 aromatic heterocycles. The zero-order valence-corrected chi connectivity index (χ0v) is 13.4. The minimum atomic E-state index is -3.52. The average molecular weight is 302 g/mol. The maximum Gasteiger partial charge on any atom is 0.242 e. The fourth-order valence-electron chi connectivity index (χ4n) is 1.84. The van der Waals surface area contributed by atoms with Crippen LogP contribution in [0, 0.1) is 0 Å². The molecular weight excluding hydrogens is 280 g/mol. The number of benzene rings is 1. The zero-order valence-electron chi connectivity index (χ0n) is 12.6. The Balaban J connectivity index is 3.47. The average Bonchev–Trinajstić information content (AvgIpc) is 2.45. The smallest absolute Gasteiger partial charge is 0.242 e. The molecule has 0 fully saturated rings. The molecule has 0 atom stereocenters. The predicted octanol–water partition coefficient (Wildman–Crippen LogP) is 1.06. The van der Waals surface area contributed by atoms with Crippen LogP contribution in [0.1, 0.15) is 12.5 Å². The van der Waals surface area contributed by atoms with Crippen LogP contribution in [0.15, 0.2) is 17.0 Å². The van der Waals surface area contributed by atoms with Crippen LogP contribution < -0.4 is 14.8 Å². The lowest BCUT2D eigenvalue weighted by molar-refractivity contribution is 0.349. The monoisotopic (exact) mass is 302 g/mol. The predicted molar refractivity (Wildman–Crippen MR) is 77.8 cm³/mol. The van der Waals surface area contributed by atoms with Gasteiger partial charge in [-0.1, -0.05) is 6.92 Å². The molecule has 0 heterocycles. The quantitative estimate of drug-likeness (QED) is 0.816. The van der Waals surface area contributed by atoms with E-state index < -0.39 is 10.0 Å². The third-order valence-electron chi connectivity index (χ3n) is 3.05. The molecule has 0 aliphatic rings. The molecule has 0 radical (unpaired) electrons. The van der Waals surface area contributed by atoms with E-state index in [0.29, 0.717) is 24.6 Å². The molecule has 0 aliphatic carbocycles. The highest BCUT2D eigenvalue weighted by atomic mass is 32.2. The molecule has 7 heteroatoms. The molecule has 0 unspecified atom stereocenters. The van der Waals surface area contributed by atoms with E-state index in [2.05, 4.69) is 5.32 Å². The van der Waals surface area contributed by atoms with Crippen molar-refractivity contribution in [1.82, 2.24) is 9.62 Å². The van der Waals surface area contributed by atoms with E-state index in [4.69, 9.17) is 9.47 Å². The molecule has 0 bridgehead atoms. The van der Waals surface area contributed by atoms with Crippen LogP contribution in [0.2, 0.25) is 0 Å². The van der Waals surface area contributed by atoms with E-state index in [-0.39, 0.29) is 4.90 Å². The Bertz CT molecular complexity index is 558. The van der Waals surface area contributed by atoms with Crippen LogP contribution in [0.4, 0.5) is 0 Å². The molecule has 1 rings (SSSR count). The van der Waals surface area contributed by atoms with E-state index in [1.807, 2.05) is 0 Å². The topological polar surface area (TPSA) is 67.9 Å². The summed E-state index contributed by atoms with van der Waals surface area (Å²) in [4.78, 5) is 0.199. The van der Waals surface area contributed by atoms with Gasteiger partial charge in [0.25, 0.3) is 0 Å². The molecular formula is C13H22N2O4S. The summed E-state index contributed by atoms with van der Waals surface area (Å²) >= 11 is 0. The second kappa shape index (κ2) is 6.92. The van der Waals surface area contributed by atoms with Crippen molar-refractivity contribution in [3.05, 3.63) is 17.7 Å². The molecule has 6 nitrogen and oxygen atoms in total. The molecule has 1 aromatic rings. The second-order valence-electron chi connectivity index (χ2n) is 4.27. The van der Waals surface area contributed by atoms with Crippen LogP contribution in [-0.4, -0.2) is 47.6 Å². The molecule has 20 heavy (non-hydrogen) atoms. The number of ether oxygens (including phenoxy) is 2. The molecule has 0 aliphatic heterocycles. The van der Waals surface area contributed by atoms with Crippen LogP contribution >= 0.6 is 0 Å². The fraction of sp³-hybridized carbons (Fsp3) is 0.538. The van der Waals surface area contributed by atoms with E-state index >= 15 is 0 Å². The van der Waals surface area contributed by atoms with Crippen molar-refractivity contribution in [2.45, 2.75) is 18.4 Å². The normalized spacial score (nSPS) is 11.7. The highest BCUT2D eigenvalue weighted by Crippen LogP contribution is 2.34. The lowest BCUT2D eigenvalue weighted by Gasteiger charge is -2.18. The lowest BCUT2D eigenvalue weighted by Crippen LogP contribution is -2.26. The minimum absolute atomic E-state index is 0.199. The number of hydrogen-bond acceptors (Lipinski definition) is 5. The second-order valence-corrected chi connectivity index (χ2v) is 6.31. The van der Waals surface area contributed by atoms with Crippen molar-refractivity contribution in [3.8, 4) is 11.5 Å². The van der Waals surface area contributed by atoms with Gasteiger partial charge in [0.1, 0.15) is 0 Å².